The second kappa shape index (κ2) is 6.23. The zero-order chi connectivity index (χ0) is 15.5. The Morgan fingerprint density at radius 2 is 2.05 bits per heavy atom. The van der Waals surface area contributed by atoms with Crippen molar-refractivity contribution < 1.29 is 9.53 Å². The highest BCUT2D eigenvalue weighted by atomic mass is 16.5. The number of ether oxygens (including phenoxy) is 1. The number of nitrogens with one attached hydrogen (secondary N) is 1. The highest BCUT2D eigenvalue weighted by Gasteiger charge is 2.29. The highest BCUT2D eigenvalue weighted by molar-refractivity contribution is 5.93. The molecular weight excluding hydrogens is 278 g/mol. The molecule has 1 aliphatic heterocycles. The Balaban J connectivity index is 1.87. The predicted molar refractivity (Wildman–Crippen MR) is 85.1 cm³/mol. The molecule has 1 aromatic carbocycles. The van der Waals surface area contributed by atoms with Crippen LogP contribution in [0.15, 0.2) is 42.6 Å². The molecule has 1 amide bonds. The van der Waals surface area contributed by atoms with Crippen molar-refractivity contribution in [2.24, 2.45) is 7.05 Å². The number of methoxy groups -OCH3 is 1. The SMILES string of the molecule is COc1ccc([C@@H]2CNCCN2C(=O)c2cccn2C)cc1. The Bertz CT molecular complexity index is 648. The van der Waals surface area contributed by atoms with Gasteiger partial charge in [0, 0.05) is 32.9 Å². The maximum absolute atomic E-state index is 12.8. The molecule has 2 aromatic rings. The van der Waals surface area contributed by atoms with Gasteiger partial charge in [0.25, 0.3) is 5.91 Å². The van der Waals surface area contributed by atoms with Crippen molar-refractivity contribution in [3.63, 3.8) is 0 Å². The highest BCUT2D eigenvalue weighted by Crippen LogP contribution is 2.26. The molecule has 0 aliphatic carbocycles. The van der Waals surface area contributed by atoms with Crippen molar-refractivity contribution in [3.8, 4) is 5.75 Å². The van der Waals surface area contributed by atoms with E-state index in [0.717, 1.165) is 30.1 Å². The van der Waals surface area contributed by atoms with E-state index in [9.17, 15) is 4.79 Å². The standard InChI is InChI=1S/C17H21N3O2/c1-19-10-3-4-15(19)17(21)20-11-9-18-12-16(20)13-5-7-14(22-2)8-6-13/h3-8,10,16,18H,9,11-12H2,1-2H3/t16-/m0/s1. The van der Waals surface area contributed by atoms with Crippen LogP contribution in [0, 0.1) is 0 Å². The molecule has 5 heteroatoms. The molecule has 0 radical (unpaired) electrons. The predicted octanol–water partition coefficient (Wildman–Crippen LogP) is 1.82. The lowest BCUT2D eigenvalue weighted by molar-refractivity contribution is 0.0624. The fourth-order valence-electron chi connectivity index (χ4n) is 2.90. The smallest absolute Gasteiger partial charge is 0.271 e. The minimum absolute atomic E-state index is 0.0436. The summed E-state index contributed by atoms with van der Waals surface area (Å²) in [7, 11) is 3.56. The summed E-state index contributed by atoms with van der Waals surface area (Å²) < 4.78 is 7.08. The van der Waals surface area contributed by atoms with Crippen LogP contribution in [0.5, 0.6) is 5.75 Å². The van der Waals surface area contributed by atoms with Crippen LogP contribution in [-0.4, -0.2) is 42.1 Å². The van der Waals surface area contributed by atoms with Crippen LogP contribution >= 0.6 is 0 Å². The maximum Gasteiger partial charge on any atom is 0.271 e. The number of benzene rings is 1. The first-order valence-corrected chi connectivity index (χ1v) is 7.47. The summed E-state index contributed by atoms with van der Waals surface area (Å²) in [4.78, 5) is 14.8. The monoisotopic (exact) mass is 299 g/mol. The van der Waals surface area contributed by atoms with Crippen LogP contribution in [0.25, 0.3) is 0 Å². The number of carbonyl (C=O) groups excluding carboxylic acids is 1. The molecule has 1 aromatic heterocycles. The average Bonchev–Trinajstić information content (AvgIpc) is 3.00. The minimum atomic E-state index is 0.0436. The van der Waals surface area contributed by atoms with Gasteiger partial charge in [0.1, 0.15) is 11.4 Å². The zero-order valence-electron chi connectivity index (χ0n) is 13.0. The summed E-state index contributed by atoms with van der Waals surface area (Å²) in [5, 5.41) is 3.37. The molecule has 1 fully saturated rings. The summed E-state index contributed by atoms with van der Waals surface area (Å²) in [5.41, 5.74) is 1.84. The van der Waals surface area contributed by atoms with Gasteiger partial charge in [-0.15, -0.1) is 0 Å². The molecule has 1 atom stereocenters. The fourth-order valence-corrected chi connectivity index (χ4v) is 2.90. The fraction of sp³-hybridized carbons (Fsp3) is 0.353. The van der Waals surface area contributed by atoms with Gasteiger partial charge in [-0.2, -0.15) is 0 Å². The van der Waals surface area contributed by atoms with E-state index in [-0.39, 0.29) is 11.9 Å². The lowest BCUT2D eigenvalue weighted by Crippen LogP contribution is -2.49. The Morgan fingerprint density at radius 1 is 1.27 bits per heavy atom. The van der Waals surface area contributed by atoms with Crippen LogP contribution in [0.4, 0.5) is 0 Å². The first kappa shape index (κ1) is 14.7. The topological polar surface area (TPSA) is 46.5 Å². The number of aromatic nitrogens is 1. The van der Waals surface area contributed by atoms with E-state index in [0.29, 0.717) is 6.54 Å². The van der Waals surface area contributed by atoms with Gasteiger partial charge in [-0.1, -0.05) is 12.1 Å². The van der Waals surface area contributed by atoms with Gasteiger partial charge in [-0.05, 0) is 29.8 Å². The molecule has 0 unspecified atom stereocenters. The number of hydrogen-bond acceptors (Lipinski definition) is 3. The van der Waals surface area contributed by atoms with Crippen LogP contribution in [0.2, 0.25) is 0 Å². The van der Waals surface area contributed by atoms with E-state index in [4.69, 9.17) is 4.74 Å². The molecule has 1 saturated heterocycles. The normalized spacial score (nSPS) is 18.3. The summed E-state index contributed by atoms with van der Waals surface area (Å²) in [6.07, 6.45) is 1.90. The zero-order valence-corrected chi connectivity index (χ0v) is 13.0. The van der Waals surface area contributed by atoms with E-state index in [1.54, 1.807) is 7.11 Å². The minimum Gasteiger partial charge on any atom is -0.497 e. The number of hydrogen-bond donors (Lipinski definition) is 1. The summed E-state index contributed by atoms with van der Waals surface area (Å²) in [6.45, 7) is 2.30. The van der Waals surface area contributed by atoms with Crippen molar-refractivity contribution in [1.29, 1.82) is 0 Å². The van der Waals surface area contributed by atoms with Crippen molar-refractivity contribution in [2.45, 2.75) is 6.04 Å². The Morgan fingerprint density at radius 3 is 2.68 bits per heavy atom. The molecule has 1 aliphatic rings. The number of amides is 1. The molecule has 116 valence electrons. The lowest BCUT2D eigenvalue weighted by atomic mass is 10.0. The van der Waals surface area contributed by atoms with Crippen molar-refractivity contribution in [2.75, 3.05) is 26.7 Å². The van der Waals surface area contributed by atoms with Crippen LogP contribution < -0.4 is 10.1 Å². The van der Waals surface area contributed by atoms with Crippen LogP contribution in [0.3, 0.4) is 0 Å². The van der Waals surface area contributed by atoms with E-state index < -0.39 is 0 Å². The van der Waals surface area contributed by atoms with Gasteiger partial charge in [-0.3, -0.25) is 4.79 Å². The second-order valence-electron chi connectivity index (χ2n) is 5.50. The Kier molecular flexibility index (Phi) is 4.15. The summed E-state index contributed by atoms with van der Waals surface area (Å²) >= 11 is 0. The number of nitrogens with zero attached hydrogens (tertiary/aromatic N) is 2. The first-order valence-electron chi connectivity index (χ1n) is 7.47. The van der Waals surface area contributed by atoms with Crippen molar-refractivity contribution in [3.05, 3.63) is 53.9 Å². The largest absolute Gasteiger partial charge is 0.497 e. The molecule has 5 nitrogen and oxygen atoms in total. The molecule has 0 spiro atoms. The molecule has 0 bridgehead atoms. The second-order valence-corrected chi connectivity index (χ2v) is 5.50. The lowest BCUT2D eigenvalue weighted by Gasteiger charge is -2.36. The molecule has 22 heavy (non-hydrogen) atoms. The first-order chi connectivity index (χ1) is 10.7. The Hall–Kier alpha value is -2.27. The van der Waals surface area contributed by atoms with Crippen molar-refractivity contribution >= 4 is 5.91 Å². The van der Waals surface area contributed by atoms with Crippen LogP contribution in [-0.2, 0) is 7.05 Å². The van der Waals surface area contributed by atoms with Gasteiger partial charge >= 0.3 is 0 Å². The average molecular weight is 299 g/mol. The molecule has 2 heterocycles. The third-order valence-electron chi connectivity index (χ3n) is 4.17. The maximum atomic E-state index is 12.8. The van der Waals surface area contributed by atoms with E-state index in [2.05, 4.69) is 5.32 Å². The molecular formula is C17H21N3O2. The third-order valence-corrected chi connectivity index (χ3v) is 4.17. The number of rotatable bonds is 3. The van der Waals surface area contributed by atoms with Gasteiger partial charge in [0.15, 0.2) is 0 Å². The third kappa shape index (κ3) is 2.72. The van der Waals surface area contributed by atoms with Gasteiger partial charge in [0.2, 0.25) is 0 Å². The summed E-state index contributed by atoms with van der Waals surface area (Å²) in [5.74, 6) is 0.905. The number of carbonyl (C=O) groups is 1. The number of aryl methyl sites for hydroxylation is 1. The van der Waals surface area contributed by atoms with Gasteiger partial charge in [-0.25, -0.2) is 0 Å². The number of piperazine rings is 1. The van der Waals surface area contributed by atoms with Crippen molar-refractivity contribution in [1.82, 2.24) is 14.8 Å². The quantitative estimate of drug-likeness (QED) is 0.940. The Labute approximate surface area is 130 Å². The summed E-state index contributed by atoms with van der Waals surface area (Å²) in [6, 6.07) is 11.8. The van der Waals surface area contributed by atoms with E-state index >= 15 is 0 Å². The molecule has 3 rings (SSSR count). The van der Waals surface area contributed by atoms with E-state index in [1.165, 1.54) is 0 Å². The van der Waals surface area contributed by atoms with Crippen LogP contribution in [0.1, 0.15) is 22.1 Å². The molecule has 1 N–H and O–H groups in total. The van der Waals surface area contributed by atoms with Gasteiger partial charge < -0.3 is 19.5 Å². The molecule has 0 saturated carbocycles. The van der Waals surface area contributed by atoms with E-state index in [1.807, 2.05) is 59.1 Å². The van der Waals surface area contributed by atoms with Gasteiger partial charge in [0.05, 0.1) is 13.2 Å².